The SMILES string of the molecule is COC(=O)[C@@]1(N)CC[C@@H](C(=O)OC(C)(C)C)[C@H](O)C1. The summed E-state index contributed by atoms with van der Waals surface area (Å²) in [6.07, 6.45) is -0.390. The monoisotopic (exact) mass is 273 g/mol. The Labute approximate surface area is 113 Å². The number of carbonyl (C=O) groups excluding carboxylic acids is 2. The maximum Gasteiger partial charge on any atom is 0.325 e. The highest BCUT2D eigenvalue weighted by molar-refractivity contribution is 5.81. The lowest BCUT2D eigenvalue weighted by Crippen LogP contribution is -2.56. The van der Waals surface area contributed by atoms with Gasteiger partial charge in [-0.15, -0.1) is 0 Å². The fourth-order valence-corrected chi connectivity index (χ4v) is 2.26. The van der Waals surface area contributed by atoms with Crippen LogP contribution in [-0.4, -0.2) is 41.4 Å². The second-order valence-corrected chi connectivity index (χ2v) is 6.10. The number of methoxy groups -OCH3 is 1. The van der Waals surface area contributed by atoms with Gasteiger partial charge in [0.1, 0.15) is 11.1 Å². The van der Waals surface area contributed by atoms with E-state index in [1.54, 1.807) is 20.8 Å². The van der Waals surface area contributed by atoms with Crippen LogP contribution in [0.3, 0.4) is 0 Å². The number of ether oxygens (including phenoxy) is 2. The van der Waals surface area contributed by atoms with Crippen LogP contribution in [-0.2, 0) is 19.1 Å². The van der Waals surface area contributed by atoms with Crippen molar-refractivity contribution in [3.63, 3.8) is 0 Å². The highest BCUT2D eigenvalue weighted by Gasteiger charge is 2.46. The van der Waals surface area contributed by atoms with Crippen LogP contribution in [0, 0.1) is 5.92 Å². The Morgan fingerprint density at radius 1 is 1.37 bits per heavy atom. The van der Waals surface area contributed by atoms with Gasteiger partial charge >= 0.3 is 11.9 Å². The minimum atomic E-state index is -1.22. The van der Waals surface area contributed by atoms with Gasteiger partial charge in [0.25, 0.3) is 0 Å². The Kier molecular flexibility index (Phi) is 4.58. The van der Waals surface area contributed by atoms with Crippen molar-refractivity contribution in [3.05, 3.63) is 0 Å². The largest absolute Gasteiger partial charge is 0.468 e. The Morgan fingerprint density at radius 2 is 1.95 bits per heavy atom. The molecule has 0 saturated heterocycles. The number of hydrogen-bond donors (Lipinski definition) is 2. The maximum atomic E-state index is 11.9. The van der Waals surface area contributed by atoms with Crippen LogP contribution >= 0.6 is 0 Å². The molecular formula is C13H23NO5. The molecule has 0 bridgehead atoms. The first-order valence-corrected chi connectivity index (χ1v) is 6.37. The number of nitrogens with two attached hydrogens (primary N) is 1. The molecule has 1 aliphatic rings. The van der Waals surface area contributed by atoms with Crippen molar-refractivity contribution in [2.24, 2.45) is 11.7 Å². The van der Waals surface area contributed by atoms with E-state index < -0.39 is 35.1 Å². The van der Waals surface area contributed by atoms with Gasteiger partial charge in [0, 0.05) is 6.42 Å². The molecule has 6 nitrogen and oxygen atoms in total. The summed E-state index contributed by atoms with van der Waals surface area (Å²) < 4.78 is 9.87. The second-order valence-electron chi connectivity index (χ2n) is 6.10. The quantitative estimate of drug-likeness (QED) is 0.705. The summed E-state index contributed by atoms with van der Waals surface area (Å²) in [5, 5.41) is 10.0. The molecule has 0 amide bonds. The van der Waals surface area contributed by atoms with Crippen molar-refractivity contribution < 1.29 is 24.2 Å². The molecule has 0 aromatic heterocycles. The molecule has 19 heavy (non-hydrogen) atoms. The average molecular weight is 273 g/mol. The summed E-state index contributed by atoms with van der Waals surface area (Å²) >= 11 is 0. The fourth-order valence-electron chi connectivity index (χ4n) is 2.26. The summed E-state index contributed by atoms with van der Waals surface area (Å²) in [6.45, 7) is 5.30. The topological polar surface area (TPSA) is 98.9 Å². The van der Waals surface area contributed by atoms with Crippen LogP contribution in [0.25, 0.3) is 0 Å². The molecule has 0 heterocycles. The summed E-state index contributed by atoms with van der Waals surface area (Å²) in [5.74, 6) is -1.65. The van der Waals surface area contributed by atoms with Crippen molar-refractivity contribution in [1.29, 1.82) is 0 Å². The van der Waals surface area contributed by atoms with Gasteiger partial charge in [-0.05, 0) is 33.6 Å². The van der Waals surface area contributed by atoms with Crippen molar-refractivity contribution in [2.45, 2.75) is 57.3 Å². The predicted octanol–water partition coefficient (Wildman–Crippen LogP) is 0.360. The number of esters is 2. The zero-order valence-corrected chi connectivity index (χ0v) is 11.9. The molecule has 1 saturated carbocycles. The van der Waals surface area contributed by atoms with Gasteiger partial charge in [-0.3, -0.25) is 9.59 Å². The number of rotatable bonds is 2. The third kappa shape index (κ3) is 3.91. The van der Waals surface area contributed by atoms with Gasteiger partial charge in [-0.1, -0.05) is 0 Å². The first-order chi connectivity index (χ1) is 8.59. The first kappa shape index (κ1) is 15.9. The van der Waals surface area contributed by atoms with E-state index in [-0.39, 0.29) is 6.42 Å². The molecule has 1 rings (SSSR count). The molecule has 3 N–H and O–H groups in total. The van der Waals surface area contributed by atoms with Gasteiger partial charge in [-0.25, -0.2) is 0 Å². The van der Waals surface area contributed by atoms with Crippen LogP contribution in [0.4, 0.5) is 0 Å². The number of hydrogen-bond acceptors (Lipinski definition) is 6. The van der Waals surface area contributed by atoms with Crippen molar-refractivity contribution >= 4 is 11.9 Å². The molecule has 6 heteroatoms. The Bertz CT molecular complexity index is 363. The Balaban J connectivity index is 2.70. The van der Waals surface area contributed by atoms with Crippen LogP contribution in [0.1, 0.15) is 40.0 Å². The summed E-state index contributed by atoms with van der Waals surface area (Å²) in [6, 6.07) is 0. The van der Waals surface area contributed by atoms with E-state index in [1.165, 1.54) is 7.11 Å². The standard InChI is InChI=1S/C13H23NO5/c1-12(2,3)19-10(16)8-5-6-13(14,7-9(8)15)11(17)18-4/h8-9,15H,5-7,14H2,1-4H3/t8-,9-,13-/m1/s1. The van der Waals surface area contributed by atoms with E-state index in [1.807, 2.05) is 0 Å². The van der Waals surface area contributed by atoms with Crippen LogP contribution < -0.4 is 5.73 Å². The molecular weight excluding hydrogens is 250 g/mol. The maximum absolute atomic E-state index is 11.9. The second kappa shape index (κ2) is 5.46. The van der Waals surface area contributed by atoms with Gasteiger partial charge in [0.15, 0.2) is 0 Å². The van der Waals surface area contributed by atoms with Crippen LogP contribution in [0.5, 0.6) is 0 Å². The fraction of sp³-hybridized carbons (Fsp3) is 0.846. The van der Waals surface area contributed by atoms with E-state index in [0.717, 1.165) is 0 Å². The molecule has 3 atom stereocenters. The molecule has 1 aliphatic carbocycles. The average Bonchev–Trinajstić information content (AvgIpc) is 2.25. The van der Waals surface area contributed by atoms with Crippen LogP contribution in [0.15, 0.2) is 0 Å². The zero-order valence-electron chi connectivity index (χ0n) is 11.9. The van der Waals surface area contributed by atoms with Crippen LogP contribution in [0.2, 0.25) is 0 Å². The van der Waals surface area contributed by atoms with Crippen molar-refractivity contribution in [3.8, 4) is 0 Å². The smallest absolute Gasteiger partial charge is 0.325 e. The highest BCUT2D eigenvalue weighted by Crippen LogP contribution is 2.33. The Morgan fingerprint density at radius 3 is 2.37 bits per heavy atom. The van der Waals surface area contributed by atoms with E-state index in [4.69, 9.17) is 10.5 Å². The van der Waals surface area contributed by atoms with Gasteiger partial charge < -0.3 is 20.3 Å². The molecule has 0 spiro atoms. The van der Waals surface area contributed by atoms with Gasteiger partial charge in [0.2, 0.25) is 0 Å². The lowest BCUT2D eigenvalue weighted by Gasteiger charge is -2.37. The zero-order chi connectivity index (χ0) is 14.8. The van der Waals surface area contributed by atoms with Crippen molar-refractivity contribution in [2.75, 3.05) is 7.11 Å². The van der Waals surface area contributed by atoms with E-state index in [2.05, 4.69) is 4.74 Å². The number of carbonyl (C=O) groups is 2. The van der Waals surface area contributed by atoms with Crippen molar-refractivity contribution in [1.82, 2.24) is 0 Å². The molecule has 1 fully saturated rings. The lowest BCUT2D eigenvalue weighted by molar-refractivity contribution is -0.169. The Hall–Kier alpha value is -1.14. The van der Waals surface area contributed by atoms with Gasteiger partial charge in [-0.2, -0.15) is 0 Å². The third-order valence-corrected chi connectivity index (χ3v) is 3.24. The predicted molar refractivity (Wildman–Crippen MR) is 68.1 cm³/mol. The summed E-state index contributed by atoms with van der Waals surface area (Å²) in [7, 11) is 1.25. The molecule has 0 radical (unpaired) electrons. The molecule has 0 unspecified atom stereocenters. The molecule has 110 valence electrons. The minimum absolute atomic E-state index is 0.00355. The summed E-state index contributed by atoms with van der Waals surface area (Å²) in [4.78, 5) is 23.5. The van der Waals surface area contributed by atoms with E-state index in [9.17, 15) is 14.7 Å². The normalized spacial score (nSPS) is 31.7. The summed E-state index contributed by atoms with van der Waals surface area (Å²) in [5.41, 5.74) is 4.09. The minimum Gasteiger partial charge on any atom is -0.468 e. The molecule has 0 aliphatic heterocycles. The number of aliphatic hydroxyl groups excluding tert-OH is 1. The van der Waals surface area contributed by atoms with E-state index >= 15 is 0 Å². The highest BCUT2D eigenvalue weighted by atomic mass is 16.6. The number of aliphatic hydroxyl groups is 1. The molecule has 0 aromatic carbocycles. The van der Waals surface area contributed by atoms with E-state index in [0.29, 0.717) is 12.8 Å². The van der Waals surface area contributed by atoms with Gasteiger partial charge in [0.05, 0.1) is 19.1 Å². The molecule has 0 aromatic rings. The lowest BCUT2D eigenvalue weighted by atomic mass is 9.75. The first-order valence-electron chi connectivity index (χ1n) is 6.37. The third-order valence-electron chi connectivity index (χ3n) is 3.24.